The SMILES string of the molecule is CCCCCCCCCCCCCC[N+](C)(C)C(I)CC. The fourth-order valence-corrected chi connectivity index (χ4v) is 3.27. The number of rotatable bonds is 15. The Balaban J connectivity index is 3.26. The molecule has 0 aliphatic rings. The Morgan fingerprint density at radius 2 is 1.05 bits per heavy atom. The highest BCUT2D eigenvalue weighted by molar-refractivity contribution is 14.1. The minimum atomic E-state index is 0.773. The van der Waals surface area contributed by atoms with E-state index < -0.39 is 0 Å². The van der Waals surface area contributed by atoms with E-state index in [-0.39, 0.29) is 0 Å². The first-order chi connectivity index (χ1) is 10.0. The first kappa shape index (κ1) is 21.7. The highest BCUT2D eigenvalue weighted by Crippen LogP contribution is 2.19. The van der Waals surface area contributed by atoms with Crippen LogP contribution in [0.4, 0.5) is 0 Å². The van der Waals surface area contributed by atoms with Gasteiger partial charge in [-0.25, -0.2) is 0 Å². The molecule has 1 unspecified atom stereocenters. The van der Waals surface area contributed by atoms with E-state index in [9.17, 15) is 0 Å². The zero-order valence-electron chi connectivity index (χ0n) is 15.3. The van der Waals surface area contributed by atoms with Crippen molar-refractivity contribution in [2.45, 2.75) is 101 Å². The van der Waals surface area contributed by atoms with Crippen molar-refractivity contribution in [3.05, 3.63) is 0 Å². The van der Waals surface area contributed by atoms with Crippen molar-refractivity contribution >= 4 is 22.6 Å². The third-order valence-electron chi connectivity index (χ3n) is 4.68. The number of halogens is 1. The van der Waals surface area contributed by atoms with Crippen molar-refractivity contribution in [1.29, 1.82) is 0 Å². The van der Waals surface area contributed by atoms with E-state index in [1.807, 2.05) is 0 Å². The number of hydrogen-bond acceptors (Lipinski definition) is 0. The topological polar surface area (TPSA) is 0 Å². The predicted molar refractivity (Wildman–Crippen MR) is 106 cm³/mol. The summed E-state index contributed by atoms with van der Waals surface area (Å²) >= 11 is 2.62. The van der Waals surface area contributed by atoms with E-state index in [1.165, 1.54) is 94.5 Å². The van der Waals surface area contributed by atoms with Crippen molar-refractivity contribution in [2.24, 2.45) is 0 Å². The van der Waals surface area contributed by atoms with Gasteiger partial charge in [-0.2, -0.15) is 0 Å². The summed E-state index contributed by atoms with van der Waals surface area (Å²) in [4.78, 5) is 0. The lowest BCUT2D eigenvalue weighted by molar-refractivity contribution is -0.896. The Labute approximate surface area is 149 Å². The average Bonchev–Trinajstić information content (AvgIpc) is 2.47. The average molecular weight is 410 g/mol. The van der Waals surface area contributed by atoms with Gasteiger partial charge in [0.2, 0.25) is 0 Å². The Bertz CT molecular complexity index is 216. The van der Waals surface area contributed by atoms with Crippen LogP contribution in [0, 0.1) is 0 Å². The van der Waals surface area contributed by atoms with E-state index in [1.54, 1.807) is 0 Å². The van der Waals surface area contributed by atoms with E-state index in [4.69, 9.17) is 0 Å². The maximum atomic E-state index is 2.62. The zero-order chi connectivity index (χ0) is 16.0. The van der Waals surface area contributed by atoms with Crippen LogP contribution >= 0.6 is 22.6 Å². The molecule has 0 fully saturated rings. The zero-order valence-corrected chi connectivity index (χ0v) is 17.5. The van der Waals surface area contributed by atoms with E-state index in [0.29, 0.717) is 0 Å². The van der Waals surface area contributed by atoms with Crippen molar-refractivity contribution in [2.75, 3.05) is 20.6 Å². The van der Waals surface area contributed by atoms with Gasteiger partial charge in [0.05, 0.1) is 20.6 Å². The molecular weight excluding hydrogens is 369 g/mol. The Hall–Kier alpha value is 0.690. The van der Waals surface area contributed by atoms with Crippen LogP contribution in [0.3, 0.4) is 0 Å². The summed E-state index contributed by atoms with van der Waals surface area (Å²) in [5.41, 5.74) is 0. The maximum absolute atomic E-state index is 2.62. The second kappa shape index (κ2) is 14.3. The third kappa shape index (κ3) is 12.9. The predicted octanol–water partition coefficient (Wildman–Crippen LogP) is 6.94. The van der Waals surface area contributed by atoms with Gasteiger partial charge in [-0.05, 0) is 35.4 Å². The van der Waals surface area contributed by atoms with Crippen LogP contribution in [0.5, 0.6) is 0 Å². The minimum absolute atomic E-state index is 0.773. The van der Waals surface area contributed by atoms with Gasteiger partial charge in [-0.1, -0.05) is 78.1 Å². The summed E-state index contributed by atoms with van der Waals surface area (Å²) in [5, 5.41) is 0. The molecule has 0 saturated carbocycles. The van der Waals surface area contributed by atoms with Gasteiger partial charge in [0.15, 0.2) is 0 Å². The second-order valence-electron chi connectivity index (χ2n) is 7.23. The van der Waals surface area contributed by atoms with Gasteiger partial charge in [0, 0.05) is 6.42 Å². The van der Waals surface area contributed by atoms with E-state index in [0.717, 1.165) is 4.05 Å². The molecular formula is C19H41IN+. The number of unbranched alkanes of at least 4 members (excludes halogenated alkanes) is 11. The summed E-state index contributed by atoms with van der Waals surface area (Å²) in [6, 6.07) is 0. The largest absolute Gasteiger partial charge is 0.318 e. The number of alkyl halides is 1. The van der Waals surface area contributed by atoms with Crippen LogP contribution in [0.1, 0.15) is 97.3 Å². The summed E-state index contributed by atoms with van der Waals surface area (Å²) in [5.74, 6) is 0. The third-order valence-corrected chi connectivity index (χ3v) is 7.07. The van der Waals surface area contributed by atoms with Crippen LogP contribution < -0.4 is 0 Å². The van der Waals surface area contributed by atoms with Crippen molar-refractivity contribution < 1.29 is 4.48 Å². The highest BCUT2D eigenvalue weighted by atomic mass is 127. The summed E-state index contributed by atoms with van der Waals surface area (Å²) in [6.07, 6.45) is 18.7. The molecule has 21 heavy (non-hydrogen) atoms. The molecule has 0 aromatic rings. The molecule has 1 atom stereocenters. The molecule has 0 aromatic carbocycles. The van der Waals surface area contributed by atoms with Crippen molar-refractivity contribution in [3.63, 3.8) is 0 Å². The molecule has 0 radical (unpaired) electrons. The summed E-state index contributed by atoms with van der Waals surface area (Å²) in [7, 11) is 4.78. The summed E-state index contributed by atoms with van der Waals surface area (Å²) < 4.78 is 1.96. The van der Waals surface area contributed by atoms with Crippen LogP contribution in [0.15, 0.2) is 0 Å². The molecule has 0 aromatic heterocycles. The molecule has 0 bridgehead atoms. The molecule has 0 aliphatic heterocycles. The van der Waals surface area contributed by atoms with Crippen LogP contribution in [0.25, 0.3) is 0 Å². The number of hydrogen-bond donors (Lipinski definition) is 0. The summed E-state index contributed by atoms with van der Waals surface area (Å²) in [6.45, 7) is 5.95. The number of nitrogens with zero attached hydrogens (tertiary/aromatic N) is 1. The fourth-order valence-electron chi connectivity index (χ4n) is 2.99. The maximum Gasteiger partial charge on any atom is 0.139 e. The van der Waals surface area contributed by atoms with Crippen LogP contribution in [-0.4, -0.2) is 29.2 Å². The van der Waals surface area contributed by atoms with Gasteiger partial charge < -0.3 is 4.48 Å². The smallest absolute Gasteiger partial charge is 0.139 e. The van der Waals surface area contributed by atoms with Gasteiger partial charge in [0.25, 0.3) is 0 Å². The quantitative estimate of drug-likeness (QED) is 0.0902. The molecule has 0 spiro atoms. The van der Waals surface area contributed by atoms with Crippen molar-refractivity contribution in [1.82, 2.24) is 0 Å². The molecule has 0 rings (SSSR count). The Morgan fingerprint density at radius 1 is 0.667 bits per heavy atom. The lowest BCUT2D eigenvalue weighted by Crippen LogP contribution is -2.45. The Morgan fingerprint density at radius 3 is 1.43 bits per heavy atom. The van der Waals surface area contributed by atoms with Crippen molar-refractivity contribution in [3.8, 4) is 0 Å². The van der Waals surface area contributed by atoms with Gasteiger partial charge >= 0.3 is 0 Å². The molecule has 0 amide bonds. The van der Waals surface area contributed by atoms with Gasteiger partial charge in [-0.3, -0.25) is 0 Å². The molecule has 128 valence electrons. The minimum Gasteiger partial charge on any atom is -0.318 e. The second-order valence-corrected chi connectivity index (χ2v) is 8.67. The van der Waals surface area contributed by atoms with Gasteiger partial charge in [-0.15, -0.1) is 0 Å². The van der Waals surface area contributed by atoms with E-state index >= 15 is 0 Å². The van der Waals surface area contributed by atoms with Crippen LogP contribution in [-0.2, 0) is 0 Å². The lowest BCUT2D eigenvalue weighted by Gasteiger charge is -2.34. The molecule has 0 saturated heterocycles. The highest BCUT2D eigenvalue weighted by Gasteiger charge is 2.22. The normalized spacial score (nSPS) is 13.6. The lowest BCUT2D eigenvalue weighted by atomic mass is 10.1. The standard InChI is InChI=1S/C19H41IN/c1-5-7-8-9-10-11-12-13-14-15-16-17-18-21(3,4)19(20)6-2/h19H,5-18H2,1-4H3/q+1. The monoisotopic (exact) mass is 410 g/mol. The molecule has 1 nitrogen and oxygen atoms in total. The fraction of sp³-hybridized carbons (Fsp3) is 1.00. The molecule has 0 heterocycles. The van der Waals surface area contributed by atoms with E-state index in [2.05, 4.69) is 50.5 Å². The molecule has 0 aliphatic carbocycles. The Kier molecular flexibility index (Phi) is 14.8. The molecule has 0 N–H and O–H groups in total. The first-order valence-electron chi connectivity index (χ1n) is 9.51. The first-order valence-corrected chi connectivity index (χ1v) is 10.8. The van der Waals surface area contributed by atoms with Gasteiger partial charge in [0.1, 0.15) is 4.05 Å². The molecule has 2 heteroatoms. The number of quaternary nitrogens is 1. The van der Waals surface area contributed by atoms with Crippen LogP contribution in [0.2, 0.25) is 0 Å².